The summed E-state index contributed by atoms with van der Waals surface area (Å²) in [5.41, 5.74) is 3.13. The number of rotatable bonds is 2. The molecule has 1 aromatic rings. The molecule has 0 saturated carbocycles. The van der Waals surface area contributed by atoms with Crippen LogP contribution in [0.1, 0.15) is 17.5 Å². The topological polar surface area (TPSA) is 39.5 Å². The molecule has 0 bridgehead atoms. The van der Waals surface area contributed by atoms with Crippen molar-refractivity contribution >= 4 is 5.69 Å². The first kappa shape index (κ1) is 13.4. The number of nitriles is 1. The van der Waals surface area contributed by atoms with E-state index in [2.05, 4.69) is 28.9 Å². The normalized spacial score (nSPS) is 23.8. The molecule has 1 aromatic carbocycles. The van der Waals surface area contributed by atoms with Crippen molar-refractivity contribution in [1.82, 2.24) is 4.90 Å². The maximum Gasteiger partial charge on any atom is 0.101 e. The summed E-state index contributed by atoms with van der Waals surface area (Å²) in [6, 6.07) is 8.92. The minimum Gasteiger partial charge on any atom is -0.379 e. The first-order chi connectivity index (χ1) is 9.79. The van der Waals surface area contributed by atoms with Crippen molar-refractivity contribution in [2.24, 2.45) is 0 Å². The van der Waals surface area contributed by atoms with Gasteiger partial charge in [0, 0.05) is 32.2 Å². The number of nitrogens with zero attached hydrogens (tertiary/aromatic N) is 3. The van der Waals surface area contributed by atoms with Gasteiger partial charge < -0.3 is 9.64 Å². The van der Waals surface area contributed by atoms with Gasteiger partial charge in [0.1, 0.15) is 6.07 Å². The third-order valence-electron chi connectivity index (χ3n) is 4.40. The van der Waals surface area contributed by atoms with Crippen LogP contribution in [0.2, 0.25) is 0 Å². The molecule has 0 amide bonds. The number of hydrogen-bond acceptors (Lipinski definition) is 4. The average molecular weight is 271 g/mol. The summed E-state index contributed by atoms with van der Waals surface area (Å²) < 4.78 is 5.43. The molecule has 4 heteroatoms. The Balaban J connectivity index is 1.75. The van der Waals surface area contributed by atoms with E-state index in [9.17, 15) is 5.26 Å². The van der Waals surface area contributed by atoms with E-state index < -0.39 is 0 Å². The molecule has 0 aliphatic carbocycles. The Morgan fingerprint density at radius 2 is 2.05 bits per heavy atom. The van der Waals surface area contributed by atoms with Crippen LogP contribution >= 0.6 is 0 Å². The van der Waals surface area contributed by atoms with E-state index in [0.29, 0.717) is 6.04 Å². The van der Waals surface area contributed by atoms with Crippen LogP contribution in [0.15, 0.2) is 18.2 Å². The molecule has 0 aromatic heterocycles. The van der Waals surface area contributed by atoms with E-state index >= 15 is 0 Å². The fourth-order valence-corrected chi connectivity index (χ4v) is 3.35. The van der Waals surface area contributed by atoms with E-state index in [4.69, 9.17) is 4.74 Å². The molecular weight excluding hydrogens is 250 g/mol. The lowest BCUT2D eigenvalue weighted by molar-refractivity contribution is 0.0209. The SMILES string of the molecule is Cc1cccc(C#N)c1N1CCC(N2CCOCC2)C1. The number of anilines is 1. The van der Waals surface area contributed by atoms with Crippen LogP contribution in [0.3, 0.4) is 0 Å². The van der Waals surface area contributed by atoms with Crippen molar-refractivity contribution in [2.45, 2.75) is 19.4 Å². The molecule has 0 radical (unpaired) electrons. The van der Waals surface area contributed by atoms with Gasteiger partial charge >= 0.3 is 0 Å². The van der Waals surface area contributed by atoms with Gasteiger partial charge in [-0.15, -0.1) is 0 Å². The van der Waals surface area contributed by atoms with E-state index in [0.717, 1.165) is 50.6 Å². The largest absolute Gasteiger partial charge is 0.379 e. The molecule has 2 fully saturated rings. The Labute approximate surface area is 120 Å². The number of hydrogen-bond donors (Lipinski definition) is 0. The quantitative estimate of drug-likeness (QED) is 0.822. The molecule has 4 nitrogen and oxygen atoms in total. The molecule has 0 N–H and O–H groups in total. The first-order valence-electron chi connectivity index (χ1n) is 7.36. The number of aryl methyl sites for hydroxylation is 1. The molecule has 2 saturated heterocycles. The minimum atomic E-state index is 0.602. The second kappa shape index (κ2) is 5.82. The highest BCUT2D eigenvalue weighted by atomic mass is 16.5. The van der Waals surface area contributed by atoms with Crippen molar-refractivity contribution in [2.75, 3.05) is 44.3 Å². The minimum absolute atomic E-state index is 0.602. The zero-order chi connectivity index (χ0) is 13.9. The molecule has 0 spiro atoms. The Kier molecular flexibility index (Phi) is 3.90. The van der Waals surface area contributed by atoms with E-state index in [1.807, 2.05) is 12.1 Å². The highest BCUT2D eigenvalue weighted by Gasteiger charge is 2.30. The molecule has 3 rings (SSSR count). The third-order valence-corrected chi connectivity index (χ3v) is 4.40. The van der Waals surface area contributed by atoms with Crippen LogP contribution in [0, 0.1) is 18.3 Å². The van der Waals surface area contributed by atoms with Gasteiger partial charge in [0.2, 0.25) is 0 Å². The average Bonchev–Trinajstić information content (AvgIpc) is 2.97. The van der Waals surface area contributed by atoms with Crippen molar-refractivity contribution < 1.29 is 4.74 Å². The molecule has 20 heavy (non-hydrogen) atoms. The number of para-hydroxylation sites is 1. The molecule has 2 aliphatic rings. The Bertz CT molecular complexity index is 517. The lowest BCUT2D eigenvalue weighted by atomic mass is 10.1. The molecule has 2 aliphatic heterocycles. The summed E-state index contributed by atoms with van der Waals surface area (Å²) >= 11 is 0. The van der Waals surface area contributed by atoms with Crippen LogP contribution in [0.25, 0.3) is 0 Å². The van der Waals surface area contributed by atoms with Crippen LogP contribution in [0.5, 0.6) is 0 Å². The van der Waals surface area contributed by atoms with Crippen LogP contribution < -0.4 is 4.90 Å². The molecular formula is C16H21N3O. The zero-order valence-electron chi connectivity index (χ0n) is 12.0. The highest BCUT2D eigenvalue weighted by molar-refractivity contribution is 5.64. The predicted molar refractivity (Wildman–Crippen MR) is 78.9 cm³/mol. The van der Waals surface area contributed by atoms with Gasteiger partial charge in [-0.3, -0.25) is 4.90 Å². The number of benzene rings is 1. The Morgan fingerprint density at radius 3 is 2.80 bits per heavy atom. The predicted octanol–water partition coefficient (Wildman–Crippen LogP) is 1.78. The number of morpholine rings is 1. The lowest BCUT2D eigenvalue weighted by Gasteiger charge is -2.32. The van der Waals surface area contributed by atoms with E-state index in [1.165, 1.54) is 12.0 Å². The summed E-state index contributed by atoms with van der Waals surface area (Å²) in [4.78, 5) is 4.92. The van der Waals surface area contributed by atoms with Crippen LogP contribution in [-0.2, 0) is 4.74 Å². The summed E-state index contributed by atoms with van der Waals surface area (Å²) in [6.07, 6.45) is 1.18. The van der Waals surface area contributed by atoms with E-state index in [1.54, 1.807) is 0 Å². The summed E-state index contributed by atoms with van der Waals surface area (Å²) in [5, 5.41) is 9.31. The second-order valence-electron chi connectivity index (χ2n) is 5.62. The first-order valence-corrected chi connectivity index (χ1v) is 7.36. The fraction of sp³-hybridized carbons (Fsp3) is 0.562. The standard InChI is InChI=1S/C16H21N3O/c1-13-3-2-4-14(11-17)16(13)19-6-5-15(12-19)18-7-9-20-10-8-18/h2-4,15H,5-10,12H2,1H3. The number of ether oxygens (including phenoxy) is 1. The monoisotopic (exact) mass is 271 g/mol. The van der Waals surface area contributed by atoms with Gasteiger partial charge in [0.25, 0.3) is 0 Å². The molecule has 2 heterocycles. The van der Waals surface area contributed by atoms with Gasteiger partial charge in [0.15, 0.2) is 0 Å². The second-order valence-corrected chi connectivity index (χ2v) is 5.62. The maximum absolute atomic E-state index is 9.31. The highest BCUT2D eigenvalue weighted by Crippen LogP contribution is 2.29. The van der Waals surface area contributed by atoms with E-state index in [-0.39, 0.29) is 0 Å². The van der Waals surface area contributed by atoms with Gasteiger partial charge in [-0.25, -0.2) is 0 Å². The van der Waals surface area contributed by atoms with Crippen molar-refractivity contribution in [3.8, 4) is 6.07 Å². The summed E-state index contributed by atoms with van der Waals surface area (Å²) in [7, 11) is 0. The van der Waals surface area contributed by atoms with Crippen molar-refractivity contribution in [1.29, 1.82) is 5.26 Å². The van der Waals surface area contributed by atoms with Gasteiger partial charge in [-0.05, 0) is 25.0 Å². The Hall–Kier alpha value is -1.57. The lowest BCUT2D eigenvalue weighted by Crippen LogP contribution is -2.44. The smallest absolute Gasteiger partial charge is 0.101 e. The summed E-state index contributed by atoms with van der Waals surface area (Å²) in [5.74, 6) is 0. The van der Waals surface area contributed by atoms with Gasteiger partial charge in [-0.1, -0.05) is 12.1 Å². The van der Waals surface area contributed by atoms with Gasteiger partial charge in [-0.2, -0.15) is 5.26 Å². The van der Waals surface area contributed by atoms with Crippen LogP contribution in [0.4, 0.5) is 5.69 Å². The fourth-order valence-electron chi connectivity index (χ4n) is 3.35. The molecule has 106 valence electrons. The van der Waals surface area contributed by atoms with Crippen LogP contribution in [-0.4, -0.2) is 50.3 Å². The van der Waals surface area contributed by atoms with Crippen molar-refractivity contribution in [3.05, 3.63) is 29.3 Å². The molecule has 1 atom stereocenters. The van der Waals surface area contributed by atoms with Crippen molar-refractivity contribution in [3.63, 3.8) is 0 Å². The van der Waals surface area contributed by atoms with Gasteiger partial charge in [0.05, 0.1) is 24.5 Å². The Morgan fingerprint density at radius 1 is 1.25 bits per heavy atom. The maximum atomic E-state index is 9.31. The third kappa shape index (κ3) is 2.52. The molecule has 1 unspecified atom stereocenters. The zero-order valence-corrected chi connectivity index (χ0v) is 12.0. The summed E-state index contributed by atoms with van der Waals surface area (Å²) in [6.45, 7) is 7.95.